The van der Waals surface area contributed by atoms with Crippen LogP contribution in [0.5, 0.6) is 0 Å². The molecule has 2 aromatic rings. The lowest BCUT2D eigenvalue weighted by Crippen LogP contribution is -2.00. The topological polar surface area (TPSA) is 42.2 Å². The first-order chi connectivity index (χ1) is 8.00. The fourth-order valence-electron chi connectivity index (χ4n) is 2.05. The van der Waals surface area contributed by atoms with Gasteiger partial charge in [-0.25, -0.2) is 0 Å². The van der Waals surface area contributed by atoms with Crippen molar-refractivity contribution < 1.29 is 9.90 Å². The van der Waals surface area contributed by atoms with Crippen molar-refractivity contribution in [3.8, 4) is 0 Å². The Morgan fingerprint density at radius 1 is 1.47 bits per heavy atom. The Kier molecular flexibility index (Phi) is 3.24. The van der Waals surface area contributed by atoms with E-state index >= 15 is 0 Å². The first-order valence-electron chi connectivity index (χ1n) is 5.50. The Morgan fingerprint density at radius 2 is 2.18 bits per heavy atom. The monoisotopic (exact) mass is 295 g/mol. The van der Waals surface area contributed by atoms with E-state index in [1.165, 1.54) is 0 Å². The molecule has 1 aromatic heterocycles. The van der Waals surface area contributed by atoms with E-state index < -0.39 is 5.97 Å². The molecule has 1 heterocycles. The third-order valence-electron chi connectivity index (χ3n) is 2.78. The highest BCUT2D eigenvalue weighted by atomic mass is 79.9. The second-order valence-electron chi connectivity index (χ2n) is 4.36. The van der Waals surface area contributed by atoms with Crippen molar-refractivity contribution in [1.29, 1.82) is 0 Å². The van der Waals surface area contributed by atoms with Gasteiger partial charge < -0.3 is 9.67 Å². The molecular formula is C13H14BrNO2. The lowest BCUT2D eigenvalue weighted by Gasteiger charge is -2.09. The molecule has 1 N–H and O–H groups in total. The van der Waals surface area contributed by atoms with Gasteiger partial charge in [-0.1, -0.05) is 12.1 Å². The molecule has 0 radical (unpaired) electrons. The number of aliphatic carboxylic acids is 1. The van der Waals surface area contributed by atoms with E-state index in [9.17, 15) is 4.79 Å². The minimum atomic E-state index is -0.798. The number of carboxylic acid groups (broad SMARTS) is 1. The zero-order valence-electron chi connectivity index (χ0n) is 9.77. The van der Waals surface area contributed by atoms with Crippen molar-refractivity contribution in [2.45, 2.75) is 26.3 Å². The molecular weight excluding hydrogens is 282 g/mol. The average Bonchev–Trinajstić information content (AvgIpc) is 2.58. The van der Waals surface area contributed by atoms with Crippen LogP contribution in [-0.4, -0.2) is 15.6 Å². The largest absolute Gasteiger partial charge is 0.481 e. The Hall–Kier alpha value is -1.29. The van der Waals surface area contributed by atoms with Crippen molar-refractivity contribution in [2.24, 2.45) is 0 Å². The Morgan fingerprint density at radius 3 is 2.76 bits per heavy atom. The standard InChI is InChI=1S/C13H14BrNO2/c1-8(2)15-7-9(6-12(16)17)10-4-3-5-11(14)13(10)15/h3-5,7-8H,6H2,1-2H3,(H,16,17). The summed E-state index contributed by atoms with van der Waals surface area (Å²) in [6.45, 7) is 4.17. The maximum absolute atomic E-state index is 10.9. The number of aromatic nitrogens is 1. The van der Waals surface area contributed by atoms with E-state index in [4.69, 9.17) is 5.11 Å². The predicted molar refractivity (Wildman–Crippen MR) is 71.4 cm³/mol. The first kappa shape index (κ1) is 12.2. The van der Waals surface area contributed by atoms with Crippen molar-refractivity contribution in [3.63, 3.8) is 0 Å². The van der Waals surface area contributed by atoms with Crippen LogP contribution in [0.3, 0.4) is 0 Å². The summed E-state index contributed by atoms with van der Waals surface area (Å²) in [5.41, 5.74) is 1.93. The molecule has 0 spiro atoms. The summed E-state index contributed by atoms with van der Waals surface area (Å²) in [4.78, 5) is 10.9. The summed E-state index contributed by atoms with van der Waals surface area (Å²) in [6, 6.07) is 6.18. The van der Waals surface area contributed by atoms with Crippen LogP contribution >= 0.6 is 15.9 Å². The number of para-hydroxylation sites is 1. The van der Waals surface area contributed by atoms with Crippen LogP contribution in [0.15, 0.2) is 28.9 Å². The van der Waals surface area contributed by atoms with Gasteiger partial charge in [0.1, 0.15) is 0 Å². The third-order valence-corrected chi connectivity index (χ3v) is 3.42. The second-order valence-corrected chi connectivity index (χ2v) is 5.22. The normalized spacial score (nSPS) is 11.3. The Labute approximate surface area is 108 Å². The molecule has 0 fully saturated rings. The van der Waals surface area contributed by atoms with Crippen molar-refractivity contribution in [3.05, 3.63) is 34.4 Å². The third kappa shape index (κ3) is 2.22. The van der Waals surface area contributed by atoms with Crippen LogP contribution in [-0.2, 0) is 11.2 Å². The van der Waals surface area contributed by atoms with Crippen LogP contribution in [0.2, 0.25) is 0 Å². The maximum Gasteiger partial charge on any atom is 0.307 e. The van der Waals surface area contributed by atoms with E-state index in [1.54, 1.807) is 0 Å². The molecule has 0 amide bonds. The highest BCUT2D eigenvalue weighted by Gasteiger charge is 2.14. The van der Waals surface area contributed by atoms with Crippen LogP contribution in [0.4, 0.5) is 0 Å². The zero-order chi connectivity index (χ0) is 12.6. The lowest BCUT2D eigenvalue weighted by atomic mass is 10.1. The molecule has 0 aliphatic heterocycles. The molecule has 0 saturated carbocycles. The molecule has 17 heavy (non-hydrogen) atoms. The van der Waals surface area contributed by atoms with Gasteiger partial charge in [0, 0.05) is 22.1 Å². The number of fused-ring (bicyclic) bond motifs is 1. The number of benzene rings is 1. The molecule has 0 bridgehead atoms. The Balaban J connectivity index is 2.71. The fourth-order valence-corrected chi connectivity index (χ4v) is 2.62. The summed E-state index contributed by atoms with van der Waals surface area (Å²) in [6.07, 6.45) is 2.00. The van der Waals surface area contributed by atoms with Crippen LogP contribution in [0.25, 0.3) is 10.9 Å². The Bertz CT molecular complexity index is 572. The van der Waals surface area contributed by atoms with Gasteiger partial charge in [-0.2, -0.15) is 0 Å². The molecule has 0 aliphatic carbocycles. The van der Waals surface area contributed by atoms with E-state index in [0.29, 0.717) is 6.04 Å². The average molecular weight is 296 g/mol. The van der Waals surface area contributed by atoms with Gasteiger partial charge in [0.15, 0.2) is 0 Å². The fraction of sp³-hybridized carbons (Fsp3) is 0.308. The number of carbonyl (C=O) groups is 1. The van der Waals surface area contributed by atoms with Gasteiger partial charge in [-0.3, -0.25) is 4.79 Å². The molecule has 2 rings (SSSR count). The van der Waals surface area contributed by atoms with Gasteiger partial charge in [-0.15, -0.1) is 0 Å². The quantitative estimate of drug-likeness (QED) is 0.940. The number of rotatable bonds is 3. The van der Waals surface area contributed by atoms with E-state index in [-0.39, 0.29) is 6.42 Å². The summed E-state index contributed by atoms with van der Waals surface area (Å²) in [7, 11) is 0. The number of hydrogen-bond acceptors (Lipinski definition) is 1. The molecule has 90 valence electrons. The number of hydrogen-bond donors (Lipinski definition) is 1. The number of carboxylic acids is 1. The highest BCUT2D eigenvalue weighted by molar-refractivity contribution is 9.10. The molecule has 0 unspecified atom stereocenters. The van der Waals surface area contributed by atoms with Gasteiger partial charge in [-0.05, 0) is 41.4 Å². The summed E-state index contributed by atoms with van der Waals surface area (Å²) >= 11 is 3.53. The van der Waals surface area contributed by atoms with Crippen molar-refractivity contribution >= 4 is 32.8 Å². The zero-order valence-corrected chi connectivity index (χ0v) is 11.4. The minimum Gasteiger partial charge on any atom is -0.481 e. The second kappa shape index (κ2) is 4.53. The molecule has 4 heteroatoms. The highest BCUT2D eigenvalue weighted by Crippen LogP contribution is 2.30. The van der Waals surface area contributed by atoms with Crippen molar-refractivity contribution in [2.75, 3.05) is 0 Å². The number of nitrogens with zero attached hydrogens (tertiary/aromatic N) is 1. The van der Waals surface area contributed by atoms with Crippen LogP contribution in [0, 0.1) is 0 Å². The van der Waals surface area contributed by atoms with Crippen LogP contribution in [0.1, 0.15) is 25.5 Å². The molecule has 1 aromatic carbocycles. The molecule has 0 atom stereocenters. The van der Waals surface area contributed by atoms with Crippen molar-refractivity contribution in [1.82, 2.24) is 4.57 Å². The first-order valence-corrected chi connectivity index (χ1v) is 6.29. The van der Waals surface area contributed by atoms with Gasteiger partial charge in [0.05, 0.1) is 11.9 Å². The summed E-state index contributed by atoms with van der Waals surface area (Å²) < 4.78 is 3.11. The smallest absolute Gasteiger partial charge is 0.307 e. The maximum atomic E-state index is 10.9. The van der Waals surface area contributed by atoms with Gasteiger partial charge in [0.25, 0.3) is 0 Å². The molecule has 0 saturated heterocycles. The number of halogens is 1. The van der Waals surface area contributed by atoms with Gasteiger partial charge >= 0.3 is 5.97 Å². The summed E-state index contributed by atoms with van der Waals surface area (Å²) in [5, 5.41) is 9.93. The lowest BCUT2D eigenvalue weighted by molar-refractivity contribution is -0.136. The summed E-state index contributed by atoms with van der Waals surface area (Å²) in [5.74, 6) is -0.798. The molecule has 0 aliphatic rings. The van der Waals surface area contributed by atoms with Crippen LogP contribution < -0.4 is 0 Å². The van der Waals surface area contributed by atoms with E-state index in [1.807, 2.05) is 24.4 Å². The van der Waals surface area contributed by atoms with E-state index in [0.717, 1.165) is 20.9 Å². The molecule has 3 nitrogen and oxygen atoms in total. The predicted octanol–water partition coefficient (Wildman–Crippen LogP) is 3.61. The minimum absolute atomic E-state index is 0.0622. The van der Waals surface area contributed by atoms with Gasteiger partial charge in [0.2, 0.25) is 0 Å². The van der Waals surface area contributed by atoms with E-state index in [2.05, 4.69) is 34.3 Å². The SMILES string of the molecule is CC(C)n1cc(CC(=O)O)c2cccc(Br)c21.